The molecule has 2 rings (SSSR count). The van der Waals surface area contributed by atoms with Crippen molar-refractivity contribution in [3.05, 3.63) is 41.5 Å². The zero-order valence-electron chi connectivity index (χ0n) is 18.5. The summed E-state index contributed by atoms with van der Waals surface area (Å²) in [6, 6.07) is 8.13. The number of carbonyl (C=O) groups excluding carboxylic acids is 2. The molecule has 0 fully saturated rings. The molecule has 0 radical (unpaired) electrons. The Morgan fingerprint density at radius 1 is 0.806 bits per heavy atom. The summed E-state index contributed by atoms with van der Waals surface area (Å²) < 4.78 is 26.8. The number of carbonyl (C=O) groups is 2. The molecule has 0 saturated carbocycles. The van der Waals surface area contributed by atoms with Gasteiger partial charge in [0.25, 0.3) is 5.91 Å². The van der Waals surface area contributed by atoms with Crippen LogP contribution in [0.15, 0.2) is 30.3 Å². The number of ether oxygens (including phenoxy) is 5. The predicted molar refractivity (Wildman–Crippen MR) is 114 cm³/mol. The van der Waals surface area contributed by atoms with Gasteiger partial charge in [-0.25, -0.2) is 0 Å². The third-order valence-electron chi connectivity index (χ3n) is 4.24. The largest absolute Gasteiger partial charge is 0.493 e. The number of hydrogen-bond donors (Lipinski definition) is 2. The highest BCUT2D eigenvalue weighted by Crippen LogP contribution is 2.39. The van der Waals surface area contributed by atoms with Gasteiger partial charge < -0.3 is 23.7 Å². The van der Waals surface area contributed by atoms with Crippen molar-refractivity contribution < 1.29 is 33.3 Å². The highest BCUT2D eigenvalue weighted by atomic mass is 16.5. The minimum absolute atomic E-state index is 0.0403. The van der Waals surface area contributed by atoms with Gasteiger partial charge >= 0.3 is 0 Å². The van der Waals surface area contributed by atoms with E-state index in [0.717, 1.165) is 0 Å². The molecular formula is C22H28N2O7. The minimum Gasteiger partial charge on any atom is -0.493 e. The predicted octanol–water partition coefficient (Wildman–Crippen LogP) is 2.51. The standard InChI is InChI=1S/C22H28N2O7/c1-13(2)31-16-9-8-15(11-18(16)28-4)22(26)24-23-19(25)12-14-7-10-17(27-3)21(30-6)20(14)29-5/h7-11,13H,12H2,1-6H3,(H,23,25)(H,24,26). The highest BCUT2D eigenvalue weighted by Gasteiger charge is 2.18. The van der Waals surface area contributed by atoms with Crippen LogP contribution in [-0.2, 0) is 11.2 Å². The Morgan fingerprint density at radius 3 is 2.03 bits per heavy atom. The second kappa shape index (κ2) is 11.0. The Bertz CT molecular complexity index is 928. The van der Waals surface area contributed by atoms with Crippen molar-refractivity contribution in [2.24, 2.45) is 0 Å². The van der Waals surface area contributed by atoms with Crippen LogP contribution in [0.3, 0.4) is 0 Å². The van der Waals surface area contributed by atoms with Gasteiger partial charge in [0, 0.05) is 11.1 Å². The van der Waals surface area contributed by atoms with E-state index in [1.807, 2.05) is 13.8 Å². The number of rotatable bonds is 9. The first-order valence-corrected chi connectivity index (χ1v) is 9.56. The average molecular weight is 432 g/mol. The van der Waals surface area contributed by atoms with Gasteiger partial charge in [-0.15, -0.1) is 0 Å². The molecule has 2 amide bonds. The number of hydrogen-bond acceptors (Lipinski definition) is 7. The molecule has 0 aromatic heterocycles. The zero-order valence-corrected chi connectivity index (χ0v) is 18.5. The summed E-state index contributed by atoms with van der Waals surface area (Å²) in [4.78, 5) is 24.8. The Balaban J connectivity index is 2.06. The van der Waals surface area contributed by atoms with Crippen LogP contribution in [0.5, 0.6) is 28.7 Å². The average Bonchev–Trinajstić information content (AvgIpc) is 2.76. The van der Waals surface area contributed by atoms with Crippen LogP contribution in [0.4, 0.5) is 0 Å². The normalized spacial score (nSPS) is 10.3. The molecule has 168 valence electrons. The quantitative estimate of drug-likeness (QED) is 0.587. The topological polar surface area (TPSA) is 104 Å². The fourth-order valence-corrected chi connectivity index (χ4v) is 2.88. The molecule has 2 aromatic carbocycles. The van der Waals surface area contributed by atoms with Gasteiger partial charge in [-0.1, -0.05) is 6.07 Å². The Kier molecular flexibility index (Phi) is 8.36. The maximum Gasteiger partial charge on any atom is 0.269 e. The van der Waals surface area contributed by atoms with Gasteiger partial charge in [-0.2, -0.15) is 0 Å². The van der Waals surface area contributed by atoms with Crippen molar-refractivity contribution in [1.29, 1.82) is 0 Å². The molecule has 2 N–H and O–H groups in total. The monoisotopic (exact) mass is 432 g/mol. The van der Waals surface area contributed by atoms with E-state index in [2.05, 4.69) is 10.9 Å². The van der Waals surface area contributed by atoms with Crippen LogP contribution in [-0.4, -0.2) is 46.4 Å². The van der Waals surface area contributed by atoms with Crippen LogP contribution in [0.25, 0.3) is 0 Å². The van der Waals surface area contributed by atoms with Gasteiger partial charge in [0.05, 0.1) is 41.0 Å². The maximum atomic E-state index is 12.4. The summed E-state index contributed by atoms with van der Waals surface area (Å²) in [5, 5.41) is 0. The molecule has 0 aliphatic carbocycles. The van der Waals surface area contributed by atoms with Crippen LogP contribution in [0.2, 0.25) is 0 Å². The van der Waals surface area contributed by atoms with E-state index in [9.17, 15) is 9.59 Å². The summed E-state index contributed by atoms with van der Waals surface area (Å²) in [7, 11) is 5.95. The Labute approximate surface area is 181 Å². The summed E-state index contributed by atoms with van der Waals surface area (Å²) >= 11 is 0. The molecule has 0 saturated heterocycles. The second-order valence-electron chi connectivity index (χ2n) is 6.70. The van der Waals surface area contributed by atoms with Crippen molar-refractivity contribution in [1.82, 2.24) is 10.9 Å². The van der Waals surface area contributed by atoms with Crippen LogP contribution in [0.1, 0.15) is 29.8 Å². The van der Waals surface area contributed by atoms with Gasteiger partial charge in [0.1, 0.15) is 0 Å². The fourth-order valence-electron chi connectivity index (χ4n) is 2.88. The van der Waals surface area contributed by atoms with E-state index in [1.54, 1.807) is 24.3 Å². The molecule has 0 spiro atoms. The minimum atomic E-state index is -0.498. The lowest BCUT2D eigenvalue weighted by atomic mass is 10.1. The first-order chi connectivity index (χ1) is 14.8. The van der Waals surface area contributed by atoms with Crippen molar-refractivity contribution in [3.63, 3.8) is 0 Å². The molecule has 0 atom stereocenters. The number of methoxy groups -OCH3 is 4. The molecule has 0 unspecified atom stereocenters. The SMILES string of the molecule is COc1cc(C(=O)NNC(=O)Cc2ccc(OC)c(OC)c2OC)ccc1OC(C)C. The molecule has 0 bridgehead atoms. The molecule has 0 heterocycles. The lowest BCUT2D eigenvalue weighted by molar-refractivity contribution is -0.121. The molecule has 0 aliphatic heterocycles. The smallest absolute Gasteiger partial charge is 0.269 e. The summed E-state index contributed by atoms with van der Waals surface area (Å²) in [5.41, 5.74) is 5.66. The van der Waals surface area contributed by atoms with Gasteiger partial charge in [-0.05, 0) is 38.1 Å². The number of nitrogens with one attached hydrogen (secondary N) is 2. The Hall–Kier alpha value is -3.62. The number of benzene rings is 2. The summed E-state index contributed by atoms with van der Waals surface area (Å²) in [6.45, 7) is 3.78. The van der Waals surface area contributed by atoms with E-state index in [0.29, 0.717) is 39.9 Å². The molecule has 9 heteroatoms. The molecular weight excluding hydrogens is 404 g/mol. The van der Waals surface area contributed by atoms with Gasteiger partial charge in [0.2, 0.25) is 11.7 Å². The Morgan fingerprint density at radius 2 is 1.45 bits per heavy atom. The fraction of sp³-hybridized carbons (Fsp3) is 0.364. The van der Waals surface area contributed by atoms with Crippen molar-refractivity contribution in [2.75, 3.05) is 28.4 Å². The number of amides is 2. The first kappa shape index (κ1) is 23.7. The molecule has 9 nitrogen and oxygen atoms in total. The van der Waals surface area contributed by atoms with Gasteiger partial charge in [-0.3, -0.25) is 20.4 Å². The van der Waals surface area contributed by atoms with Crippen LogP contribution < -0.4 is 34.5 Å². The van der Waals surface area contributed by atoms with E-state index in [1.165, 1.54) is 34.5 Å². The van der Waals surface area contributed by atoms with E-state index in [-0.39, 0.29) is 12.5 Å². The van der Waals surface area contributed by atoms with Gasteiger partial charge in [0.15, 0.2) is 23.0 Å². The number of hydrazine groups is 1. The highest BCUT2D eigenvalue weighted by molar-refractivity contribution is 5.96. The molecule has 2 aromatic rings. The van der Waals surface area contributed by atoms with Crippen molar-refractivity contribution >= 4 is 11.8 Å². The van der Waals surface area contributed by atoms with Crippen LogP contribution >= 0.6 is 0 Å². The van der Waals surface area contributed by atoms with E-state index < -0.39 is 11.8 Å². The van der Waals surface area contributed by atoms with Crippen molar-refractivity contribution in [3.8, 4) is 28.7 Å². The first-order valence-electron chi connectivity index (χ1n) is 9.56. The van der Waals surface area contributed by atoms with E-state index >= 15 is 0 Å². The molecule has 31 heavy (non-hydrogen) atoms. The lowest BCUT2D eigenvalue weighted by Crippen LogP contribution is -2.42. The van der Waals surface area contributed by atoms with Crippen LogP contribution in [0, 0.1) is 0 Å². The maximum absolute atomic E-state index is 12.4. The summed E-state index contributed by atoms with van der Waals surface area (Å²) in [5.74, 6) is 1.26. The second-order valence-corrected chi connectivity index (χ2v) is 6.70. The lowest BCUT2D eigenvalue weighted by Gasteiger charge is -2.16. The zero-order chi connectivity index (χ0) is 23.0. The third-order valence-corrected chi connectivity index (χ3v) is 4.24. The summed E-state index contributed by atoms with van der Waals surface area (Å²) in [6.07, 6.45) is -0.0877. The van der Waals surface area contributed by atoms with E-state index in [4.69, 9.17) is 23.7 Å². The third kappa shape index (κ3) is 5.94. The molecule has 0 aliphatic rings. The van der Waals surface area contributed by atoms with Crippen molar-refractivity contribution in [2.45, 2.75) is 26.4 Å².